The molecule has 0 fully saturated rings. The summed E-state index contributed by atoms with van der Waals surface area (Å²) in [6, 6.07) is 6.74. The fourth-order valence-electron chi connectivity index (χ4n) is 1.47. The normalized spacial score (nSPS) is 10.4. The first kappa shape index (κ1) is 14.8. The first-order valence-electron chi connectivity index (χ1n) is 5.30. The van der Waals surface area contributed by atoms with E-state index in [0.29, 0.717) is 11.8 Å². The van der Waals surface area contributed by atoms with Crippen molar-refractivity contribution in [2.24, 2.45) is 0 Å². The number of nitrogens with one attached hydrogen (secondary N) is 1. The largest absolute Gasteiger partial charge is 0.322 e. The Hall–Kier alpha value is -1.64. The second-order valence-electron chi connectivity index (χ2n) is 3.81. The Bertz CT molecular complexity index is 673. The zero-order valence-corrected chi connectivity index (χ0v) is 11.8. The average Bonchev–Trinajstić information content (AvgIpc) is 2.43. The van der Waals surface area contributed by atoms with Gasteiger partial charge in [0.15, 0.2) is 23.3 Å². The van der Waals surface area contributed by atoms with Gasteiger partial charge in [-0.15, -0.1) is 0 Å². The van der Waals surface area contributed by atoms with Crippen LogP contribution in [0.2, 0.25) is 0 Å². The summed E-state index contributed by atoms with van der Waals surface area (Å²) in [6.07, 6.45) is 0. The van der Waals surface area contributed by atoms with Gasteiger partial charge in [0.05, 0.1) is 5.56 Å². The van der Waals surface area contributed by atoms with E-state index in [9.17, 15) is 22.4 Å². The quantitative estimate of drug-likeness (QED) is 0.353. The van der Waals surface area contributed by atoms with Crippen molar-refractivity contribution in [3.63, 3.8) is 0 Å². The summed E-state index contributed by atoms with van der Waals surface area (Å²) in [7, 11) is 0. The Balaban J connectivity index is 2.32. The number of hydrogen-bond donors (Lipinski definition) is 1. The standard InChI is InChI=1S/C13H6F4INO/c14-9-5-8(10(15)12(17)11(9)16)13(20)19-7-3-1-6(18)2-4-7/h1-5H,(H,19,20). The number of anilines is 1. The van der Waals surface area contributed by atoms with Gasteiger partial charge in [-0.1, -0.05) is 0 Å². The van der Waals surface area contributed by atoms with Gasteiger partial charge in [0, 0.05) is 9.26 Å². The number of amides is 1. The molecule has 7 heteroatoms. The summed E-state index contributed by atoms with van der Waals surface area (Å²) in [5.74, 6) is -8.39. The van der Waals surface area contributed by atoms with Crippen LogP contribution in [0.5, 0.6) is 0 Å². The Morgan fingerprint density at radius 3 is 2.15 bits per heavy atom. The first-order valence-corrected chi connectivity index (χ1v) is 6.38. The second-order valence-corrected chi connectivity index (χ2v) is 5.05. The summed E-state index contributed by atoms with van der Waals surface area (Å²) in [5.41, 5.74) is -0.583. The third kappa shape index (κ3) is 2.92. The van der Waals surface area contributed by atoms with Gasteiger partial charge >= 0.3 is 0 Å². The van der Waals surface area contributed by atoms with E-state index in [1.54, 1.807) is 12.1 Å². The van der Waals surface area contributed by atoms with Crippen LogP contribution in [-0.2, 0) is 0 Å². The zero-order valence-electron chi connectivity index (χ0n) is 9.68. The van der Waals surface area contributed by atoms with Crippen molar-refractivity contribution in [1.29, 1.82) is 0 Å². The summed E-state index contributed by atoms with van der Waals surface area (Å²) in [4.78, 5) is 11.7. The van der Waals surface area contributed by atoms with Crippen LogP contribution in [0.15, 0.2) is 30.3 Å². The Kier molecular flexibility index (Phi) is 4.26. The highest BCUT2D eigenvalue weighted by atomic mass is 127. The summed E-state index contributed by atoms with van der Waals surface area (Å²) >= 11 is 2.05. The number of carbonyl (C=O) groups excluding carboxylic acids is 1. The van der Waals surface area contributed by atoms with Crippen molar-refractivity contribution >= 4 is 34.2 Å². The predicted molar refractivity (Wildman–Crippen MR) is 73.4 cm³/mol. The van der Waals surface area contributed by atoms with Crippen LogP contribution < -0.4 is 5.32 Å². The van der Waals surface area contributed by atoms with Crippen LogP contribution in [0.4, 0.5) is 23.2 Å². The monoisotopic (exact) mass is 395 g/mol. The fourth-order valence-corrected chi connectivity index (χ4v) is 1.83. The number of hydrogen-bond acceptors (Lipinski definition) is 1. The molecule has 20 heavy (non-hydrogen) atoms. The lowest BCUT2D eigenvalue weighted by atomic mass is 10.1. The van der Waals surface area contributed by atoms with E-state index >= 15 is 0 Å². The van der Waals surface area contributed by atoms with Crippen molar-refractivity contribution in [3.8, 4) is 0 Å². The SMILES string of the molecule is O=C(Nc1ccc(I)cc1)c1cc(F)c(F)c(F)c1F. The van der Waals surface area contributed by atoms with Gasteiger partial charge in [0.1, 0.15) is 0 Å². The highest BCUT2D eigenvalue weighted by Gasteiger charge is 2.23. The number of rotatable bonds is 2. The lowest BCUT2D eigenvalue weighted by Gasteiger charge is -2.07. The molecule has 0 aliphatic rings. The lowest BCUT2D eigenvalue weighted by Crippen LogP contribution is -2.16. The molecule has 0 saturated carbocycles. The van der Waals surface area contributed by atoms with E-state index in [1.165, 1.54) is 12.1 Å². The van der Waals surface area contributed by atoms with Gasteiger partial charge in [-0.25, -0.2) is 17.6 Å². The number of benzene rings is 2. The van der Waals surface area contributed by atoms with Crippen molar-refractivity contribution in [2.45, 2.75) is 0 Å². The molecule has 0 aliphatic carbocycles. The third-order valence-electron chi connectivity index (χ3n) is 2.45. The molecule has 0 aliphatic heterocycles. The zero-order chi connectivity index (χ0) is 14.9. The molecule has 104 valence electrons. The molecule has 0 unspecified atom stereocenters. The highest BCUT2D eigenvalue weighted by molar-refractivity contribution is 14.1. The molecule has 1 amide bonds. The predicted octanol–water partition coefficient (Wildman–Crippen LogP) is 4.10. The molecule has 2 rings (SSSR count). The summed E-state index contributed by atoms with van der Waals surface area (Å²) < 4.78 is 53.2. The molecule has 0 saturated heterocycles. The van der Waals surface area contributed by atoms with E-state index in [1.807, 2.05) is 22.6 Å². The van der Waals surface area contributed by atoms with Gasteiger partial charge in [-0.3, -0.25) is 4.79 Å². The van der Waals surface area contributed by atoms with Crippen molar-refractivity contribution < 1.29 is 22.4 Å². The molecule has 0 aromatic heterocycles. The van der Waals surface area contributed by atoms with Gasteiger partial charge in [0.25, 0.3) is 5.91 Å². The maximum atomic E-state index is 13.4. The number of carbonyl (C=O) groups is 1. The molecule has 1 N–H and O–H groups in total. The summed E-state index contributed by atoms with van der Waals surface area (Å²) in [6.45, 7) is 0. The van der Waals surface area contributed by atoms with Crippen LogP contribution in [0, 0.1) is 26.8 Å². The Labute approximate surface area is 124 Å². The average molecular weight is 395 g/mol. The fraction of sp³-hybridized carbons (Fsp3) is 0. The van der Waals surface area contributed by atoms with Crippen LogP contribution in [0.3, 0.4) is 0 Å². The highest BCUT2D eigenvalue weighted by Crippen LogP contribution is 2.20. The van der Waals surface area contributed by atoms with Crippen LogP contribution in [0.25, 0.3) is 0 Å². The van der Waals surface area contributed by atoms with Crippen LogP contribution >= 0.6 is 22.6 Å². The van der Waals surface area contributed by atoms with E-state index in [4.69, 9.17) is 0 Å². The smallest absolute Gasteiger partial charge is 0.258 e. The van der Waals surface area contributed by atoms with Crippen molar-refractivity contribution in [3.05, 3.63) is 62.7 Å². The van der Waals surface area contributed by atoms with Crippen LogP contribution in [-0.4, -0.2) is 5.91 Å². The van der Waals surface area contributed by atoms with Crippen LogP contribution in [0.1, 0.15) is 10.4 Å². The second kappa shape index (κ2) is 5.78. The van der Waals surface area contributed by atoms with E-state index in [0.717, 1.165) is 3.57 Å². The molecule has 0 spiro atoms. The molecular formula is C13H6F4INO. The number of halogens is 5. The first-order chi connectivity index (χ1) is 9.40. The van der Waals surface area contributed by atoms with Crippen molar-refractivity contribution in [1.82, 2.24) is 0 Å². The minimum atomic E-state index is -2.02. The van der Waals surface area contributed by atoms with Gasteiger partial charge in [-0.2, -0.15) is 0 Å². The molecule has 2 aromatic rings. The van der Waals surface area contributed by atoms with Gasteiger partial charge in [0.2, 0.25) is 0 Å². The minimum absolute atomic E-state index is 0.315. The third-order valence-corrected chi connectivity index (χ3v) is 3.17. The molecule has 2 nitrogen and oxygen atoms in total. The van der Waals surface area contributed by atoms with Crippen molar-refractivity contribution in [2.75, 3.05) is 5.32 Å². The molecule has 0 heterocycles. The Morgan fingerprint density at radius 1 is 0.950 bits per heavy atom. The van der Waals surface area contributed by atoms with E-state index in [2.05, 4.69) is 5.32 Å². The molecular weight excluding hydrogens is 389 g/mol. The molecule has 0 atom stereocenters. The lowest BCUT2D eigenvalue weighted by molar-refractivity contribution is 0.102. The van der Waals surface area contributed by atoms with E-state index < -0.39 is 34.7 Å². The van der Waals surface area contributed by atoms with Gasteiger partial charge in [-0.05, 0) is 52.9 Å². The minimum Gasteiger partial charge on any atom is -0.322 e. The molecule has 0 bridgehead atoms. The molecule has 0 radical (unpaired) electrons. The maximum absolute atomic E-state index is 13.4. The Morgan fingerprint density at radius 2 is 1.55 bits per heavy atom. The maximum Gasteiger partial charge on any atom is 0.258 e. The topological polar surface area (TPSA) is 29.1 Å². The van der Waals surface area contributed by atoms with Gasteiger partial charge < -0.3 is 5.32 Å². The summed E-state index contributed by atoms with van der Waals surface area (Å²) in [5, 5.41) is 2.26. The molecule has 2 aromatic carbocycles. The van der Waals surface area contributed by atoms with E-state index in [-0.39, 0.29) is 0 Å².